The van der Waals surface area contributed by atoms with Crippen molar-refractivity contribution in [2.24, 2.45) is 5.73 Å². The summed E-state index contributed by atoms with van der Waals surface area (Å²) in [4.78, 5) is 66.2. The van der Waals surface area contributed by atoms with Crippen molar-refractivity contribution in [2.45, 2.75) is 49.6 Å². The Morgan fingerprint density at radius 3 is 2.39 bits per heavy atom. The van der Waals surface area contributed by atoms with Crippen LogP contribution in [0.4, 0.5) is 4.79 Å². The van der Waals surface area contributed by atoms with Gasteiger partial charge in [0, 0.05) is 37.7 Å². The van der Waals surface area contributed by atoms with Gasteiger partial charge in [-0.15, -0.1) is 0 Å². The topological polar surface area (TPSA) is 243 Å². The number of H-pyrrole nitrogens is 1. The van der Waals surface area contributed by atoms with Gasteiger partial charge in [0.05, 0.1) is 11.2 Å². The molecule has 0 unspecified atom stereocenters. The zero-order chi connectivity index (χ0) is 28.3. The van der Waals surface area contributed by atoms with Crippen LogP contribution in [0.3, 0.4) is 0 Å². The number of nitrogens with one attached hydrogen (secondary N) is 5. The van der Waals surface area contributed by atoms with Crippen LogP contribution in [0.1, 0.15) is 30.5 Å². The van der Waals surface area contributed by atoms with Crippen LogP contribution >= 0.6 is 0 Å². The van der Waals surface area contributed by atoms with Gasteiger partial charge in [-0.3, -0.25) is 14.4 Å². The number of carboxylic acid groups (broad SMARTS) is 1. The SMILES string of the molecule is Cc1ccccc1S(=O)(=O)NC(=O)N[C@@H](CCC(N)=O)C(=O)NCCC(=O)N[C@@H](Cc1cnc[nH]1)C(=O)O. The predicted molar refractivity (Wildman–Crippen MR) is 132 cm³/mol. The average Bonchev–Trinajstić information content (AvgIpc) is 3.34. The number of nitrogens with zero attached hydrogens (tertiary/aromatic N) is 1. The van der Waals surface area contributed by atoms with E-state index in [9.17, 15) is 37.5 Å². The highest BCUT2D eigenvalue weighted by atomic mass is 32.2. The van der Waals surface area contributed by atoms with Crippen molar-refractivity contribution in [1.82, 2.24) is 30.6 Å². The van der Waals surface area contributed by atoms with Crippen LogP contribution in [0.25, 0.3) is 0 Å². The normalized spacial score (nSPS) is 12.6. The van der Waals surface area contributed by atoms with E-state index in [1.807, 2.05) is 4.72 Å². The van der Waals surface area contributed by atoms with Crippen molar-refractivity contribution in [1.29, 1.82) is 0 Å². The lowest BCUT2D eigenvalue weighted by molar-refractivity contribution is -0.141. The largest absolute Gasteiger partial charge is 0.480 e. The number of urea groups is 1. The number of hydrogen-bond donors (Lipinski definition) is 7. The second-order valence-corrected chi connectivity index (χ2v) is 9.83. The van der Waals surface area contributed by atoms with E-state index in [0.29, 0.717) is 11.3 Å². The molecule has 1 aromatic carbocycles. The molecule has 2 rings (SSSR count). The highest BCUT2D eigenvalue weighted by molar-refractivity contribution is 7.90. The third-order valence-electron chi connectivity index (χ3n) is 5.17. The number of primary amides is 1. The summed E-state index contributed by atoms with van der Waals surface area (Å²) in [5.41, 5.74) is 6.01. The number of aromatic amines is 1. The number of carbonyl (C=O) groups is 5. The summed E-state index contributed by atoms with van der Waals surface area (Å²) in [6.07, 6.45) is 1.92. The Morgan fingerprint density at radius 2 is 1.79 bits per heavy atom. The van der Waals surface area contributed by atoms with Crippen LogP contribution in [0.2, 0.25) is 0 Å². The second-order valence-electron chi connectivity index (χ2n) is 8.18. The molecule has 0 saturated heterocycles. The van der Waals surface area contributed by atoms with Gasteiger partial charge in [0.2, 0.25) is 17.7 Å². The Bertz CT molecular complexity index is 1260. The summed E-state index contributed by atoms with van der Waals surface area (Å²) in [7, 11) is -4.25. The molecule has 15 nitrogen and oxygen atoms in total. The smallest absolute Gasteiger partial charge is 0.329 e. The summed E-state index contributed by atoms with van der Waals surface area (Å²) in [6, 6.07) is 2.15. The van der Waals surface area contributed by atoms with Crippen molar-refractivity contribution in [3.63, 3.8) is 0 Å². The van der Waals surface area contributed by atoms with E-state index in [2.05, 4.69) is 25.9 Å². The highest BCUT2D eigenvalue weighted by Crippen LogP contribution is 2.13. The number of imidazole rings is 1. The van der Waals surface area contributed by atoms with Gasteiger partial charge < -0.3 is 31.8 Å². The monoisotopic (exact) mass is 551 g/mol. The third-order valence-corrected chi connectivity index (χ3v) is 6.67. The molecule has 206 valence electrons. The number of carboxylic acids is 1. The molecule has 1 heterocycles. The molecule has 0 fully saturated rings. The van der Waals surface area contributed by atoms with E-state index in [-0.39, 0.29) is 37.1 Å². The van der Waals surface area contributed by atoms with Crippen LogP contribution in [0.5, 0.6) is 0 Å². The quantitative estimate of drug-likeness (QED) is 0.147. The molecule has 8 N–H and O–H groups in total. The predicted octanol–water partition coefficient (Wildman–Crippen LogP) is -1.34. The molecule has 38 heavy (non-hydrogen) atoms. The maximum absolute atomic E-state index is 12.6. The van der Waals surface area contributed by atoms with Gasteiger partial charge in [-0.1, -0.05) is 18.2 Å². The molecule has 0 saturated carbocycles. The first-order chi connectivity index (χ1) is 17.9. The van der Waals surface area contributed by atoms with Crippen molar-refractivity contribution in [3.8, 4) is 0 Å². The maximum atomic E-state index is 12.6. The molecule has 0 spiro atoms. The first kappa shape index (κ1) is 29.8. The minimum atomic E-state index is -4.25. The Hall–Kier alpha value is -4.47. The summed E-state index contributed by atoms with van der Waals surface area (Å²) in [5, 5.41) is 16.2. The minimum Gasteiger partial charge on any atom is -0.480 e. The molecular formula is C22H29N7O8S. The van der Waals surface area contributed by atoms with Gasteiger partial charge in [0.15, 0.2) is 0 Å². The molecule has 1 aromatic heterocycles. The minimum absolute atomic E-state index is 0.0347. The fourth-order valence-electron chi connectivity index (χ4n) is 3.28. The molecule has 2 aromatic rings. The van der Waals surface area contributed by atoms with Crippen molar-refractivity contribution in [2.75, 3.05) is 6.54 Å². The summed E-state index contributed by atoms with van der Waals surface area (Å²) >= 11 is 0. The van der Waals surface area contributed by atoms with Crippen molar-refractivity contribution in [3.05, 3.63) is 48.0 Å². The number of rotatable bonds is 14. The number of nitrogens with two attached hydrogens (primary N) is 1. The number of carbonyl (C=O) groups excluding carboxylic acids is 4. The van der Waals surface area contributed by atoms with E-state index < -0.39 is 51.8 Å². The number of amides is 5. The van der Waals surface area contributed by atoms with Gasteiger partial charge >= 0.3 is 12.0 Å². The second kappa shape index (κ2) is 13.7. The number of sulfonamides is 1. The van der Waals surface area contributed by atoms with Crippen LogP contribution in [-0.4, -0.2) is 71.8 Å². The van der Waals surface area contributed by atoms with Gasteiger partial charge in [-0.25, -0.2) is 27.7 Å². The fourth-order valence-corrected chi connectivity index (χ4v) is 4.45. The Morgan fingerprint density at radius 1 is 1.08 bits per heavy atom. The number of benzene rings is 1. The summed E-state index contributed by atoms with van der Waals surface area (Å²) in [5.74, 6) is -3.50. The van der Waals surface area contributed by atoms with E-state index >= 15 is 0 Å². The molecule has 5 amide bonds. The Kier molecular flexibility index (Phi) is 10.8. The molecule has 16 heteroatoms. The standard InChI is InChI=1S/C22H29N7O8S/c1-13-4-2-3-5-17(13)38(36,37)29-22(35)28-15(6-7-18(23)30)20(32)25-9-8-19(31)27-16(21(33)34)10-14-11-24-12-26-14/h2-5,11-12,15-16H,6-10H2,1H3,(H2,23,30)(H,24,26)(H,25,32)(H,27,31)(H,33,34)(H2,28,29,35)/t15-,16-/m0/s1. The van der Waals surface area contributed by atoms with Gasteiger partial charge in [0.25, 0.3) is 10.0 Å². The van der Waals surface area contributed by atoms with Gasteiger partial charge in [0.1, 0.15) is 12.1 Å². The zero-order valence-electron chi connectivity index (χ0n) is 20.4. The molecule has 0 aliphatic rings. The van der Waals surface area contributed by atoms with Crippen LogP contribution in [-0.2, 0) is 35.6 Å². The van der Waals surface area contributed by atoms with E-state index in [4.69, 9.17) is 5.73 Å². The number of hydrogen-bond acceptors (Lipinski definition) is 8. The zero-order valence-corrected chi connectivity index (χ0v) is 21.2. The number of aryl methyl sites for hydroxylation is 1. The van der Waals surface area contributed by atoms with Gasteiger partial charge in [-0.2, -0.15) is 0 Å². The number of aliphatic carboxylic acids is 1. The van der Waals surface area contributed by atoms with Crippen LogP contribution in [0.15, 0.2) is 41.7 Å². The lowest BCUT2D eigenvalue weighted by atomic mass is 10.1. The molecule has 0 aliphatic heterocycles. The summed E-state index contributed by atoms with van der Waals surface area (Å²) < 4.78 is 26.9. The lowest BCUT2D eigenvalue weighted by Crippen LogP contribution is -2.51. The third kappa shape index (κ3) is 9.53. The summed E-state index contributed by atoms with van der Waals surface area (Å²) in [6.45, 7) is 1.31. The van der Waals surface area contributed by atoms with E-state index in [1.165, 1.54) is 24.7 Å². The van der Waals surface area contributed by atoms with E-state index in [1.54, 1.807) is 19.1 Å². The highest BCUT2D eigenvalue weighted by Gasteiger charge is 2.26. The molecule has 2 atom stereocenters. The maximum Gasteiger partial charge on any atom is 0.329 e. The Labute approximate surface area is 218 Å². The van der Waals surface area contributed by atoms with Crippen LogP contribution in [0, 0.1) is 6.92 Å². The molecular weight excluding hydrogens is 522 g/mol. The average molecular weight is 552 g/mol. The molecule has 0 bridgehead atoms. The van der Waals surface area contributed by atoms with Crippen LogP contribution < -0.4 is 26.4 Å². The first-order valence-corrected chi connectivity index (χ1v) is 12.8. The molecule has 0 radical (unpaired) electrons. The van der Waals surface area contributed by atoms with Crippen molar-refractivity contribution < 1.29 is 37.5 Å². The lowest BCUT2D eigenvalue weighted by Gasteiger charge is -2.19. The first-order valence-electron chi connectivity index (χ1n) is 11.3. The van der Waals surface area contributed by atoms with Crippen molar-refractivity contribution >= 4 is 39.7 Å². The van der Waals surface area contributed by atoms with Gasteiger partial charge in [-0.05, 0) is 25.0 Å². The molecule has 0 aliphatic carbocycles. The van der Waals surface area contributed by atoms with E-state index in [0.717, 1.165) is 0 Å². The Balaban J connectivity index is 1.93. The fraction of sp³-hybridized carbons (Fsp3) is 0.364. The number of aromatic nitrogens is 2.